The number of likely N-dealkylation sites (tertiary alicyclic amines) is 1. The molecule has 20 heavy (non-hydrogen) atoms. The molecule has 0 saturated carbocycles. The monoisotopic (exact) mass is 303 g/mol. The van der Waals surface area contributed by atoms with Crippen molar-refractivity contribution in [1.82, 2.24) is 14.2 Å². The van der Waals surface area contributed by atoms with Crippen LogP contribution in [-0.4, -0.2) is 66.4 Å². The molecule has 2 heterocycles. The Labute approximate surface area is 116 Å². The molecule has 1 fully saturated rings. The molecule has 0 aromatic carbocycles. The standard InChI is InChI=1S/C11H17N3O5S/c1-12-20(18,19)7-3-8(13(2)4-7)11(17)14-5-9(15)10(16)6-14/h3-4,9-10,12,15-16H,5-6H2,1-2H3/t9-,10+. The van der Waals surface area contributed by atoms with Crippen molar-refractivity contribution in [1.29, 1.82) is 0 Å². The maximum Gasteiger partial charge on any atom is 0.270 e. The highest BCUT2D eigenvalue weighted by Crippen LogP contribution is 2.18. The first-order chi connectivity index (χ1) is 9.26. The number of aliphatic hydroxyl groups excluding tert-OH is 2. The lowest BCUT2D eigenvalue weighted by atomic mass is 10.3. The van der Waals surface area contributed by atoms with Gasteiger partial charge in [0.2, 0.25) is 10.0 Å². The van der Waals surface area contributed by atoms with Crippen LogP contribution in [0.15, 0.2) is 17.2 Å². The molecule has 3 N–H and O–H groups in total. The number of nitrogens with zero attached hydrogens (tertiary/aromatic N) is 2. The summed E-state index contributed by atoms with van der Waals surface area (Å²) < 4.78 is 27.0. The average molecular weight is 303 g/mol. The number of carbonyl (C=O) groups excluding carboxylic acids is 1. The van der Waals surface area contributed by atoms with Gasteiger partial charge in [0.05, 0.1) is 12.2 Å². The fourth-order valence-corrected chi connectivity index (χ4v) is 2.91. The Hall–Kier alpha value is -1.42. The molecule has 9 heteroatoms. The maximum absolute atomic E-state index is 12.3. The molecule has 2 rings (SSSR count). The molecule has 1 amide bonds. The molecule has 112 valence electrons. The van der Waals surface area contributed by atoms with Gasteiger partial charge in [-0.25, -0.2) is 13.1 Å². The zero-order valence-electron chi connectivity index (χ0n) is 11.1. The van der Waals surface area contributed by atoms with Gasteiger partial charge in [-0.1, -0.05) is 0 Å². The van der Waals surface area contributed by atoms with Crippen LogP contribution in [0.25, 0.3) is 0 Å². The summed E-state index contributed by atoms with van der Waals surface area (Å²) in [6, 6.07) is 1.27. The van der Waals surface area contributed by atoms with Gasteiger partial charge >= 0.3 is 0 Å². The number of hydrogen-bond acceptors (Lipinski definition) is 5. The Morgan fingerprint density at radius 2 is 1.90 bits per heavy atom. The van der Waals surface area contributed by atoms with Crippen molar-refractivity contribution in [2.45, 2.75) is 17.1 Å². The summed E-state index contributed by atoms with van der Waals surface area (Å²) in [5.41, 5.74) is 0.181. The van der Waals surface area contributed by atoms with Crippen molar-refractivity contribution in [2.24, 2.45) is 7.05 Å². The lowest BCUT2D eigenvalue weighted by Crippen LogP contribution is -2.31. The van der Waals surface area contributed by atoms with Gasteiger partial charge in [0, 0.05) is 26.3 Å². The third-order valence-electron chi connectivity index (χ3n) is 3.32. The van der Waals surface area contributed by atoms with Crippen molar-refractivity contribution in [2.75, 3.05) is 20.1 Å². The van der Waals surface area contributed by atoms with Crippen LogP contribution in [0.3, 0.4) is 0 Å². The second kappa shape index (κ2) is 5.17. The van der Waals surface area contributed by atoms with Crippen LogP contribution in [0.2, 0.25) is 0 Å². The van der Waals surface area contributed by atoms with Crippen LogP contribution in [0.4, 0.5) is 0 Å². The summed E-state index contributed by atoms with van der Waals surface area (Å²) in [4.78, 5) is 13.5. The van der Waals surface area contributed by atoms with E-state index in [-0.39, 0.29) is 23.7 Å². The van der Waals surface area contributed by atoms with Crippen molar-refractivity contribution in [3.8, 4) is 0 Å². The summed E-state index contributed by atoms with van der Waals surface area (Å²) >= 11 is 0. The summed E-state index contributed by atoms with van der Waals surface area (Å²) in [6.45, 7) is 0.0541. The summed E-state index contributed by atoms with van der Waals surface area (Å²) in [7, 11) is -0.770. The number of aryl methyl sites for hydroxylation is 1. The Bertz CT molecular complexity index is 614. The fraction of sp³-hybridized carbons (Fsp3) is 0.545. The molecule has 1 aromatic rings. The van der Waals surface area contributed by atoms with E-state index < -0.39 is 28.1 Å². The molecule has 2 atom stereocenters. The molecule has 1 aliphatic rings. The quantitative estimate of drug-likeness (QED) is 0.604. The minimum Gasteiger partial charge on any atom is -0.388 e. The molecule has 1 aliphatic heterocycles. The van der Waals surface area contributed by atoms with E-state index in [0.29, 0.717) is 0 Å². The largest absolute Gasteiger partial charge is 0.388 e. The van der Waals surface area contributed by atoms with Gasteiger partial charge in [0.15, 0.2) is 0 Å². The highest BCUT2D eigenvalue weighted by atomic mass is 32.2. The Balaban J connectivity index is 2.28. The molecule has 8 nitrogen and oxygen atoms in total. The summed E-state index contributed by atoms with van der Waals surface area (Å²) in [5.74, 6) is -0.430. The van der Waals surface area contributed by atoms with E-state index in [9.17, 15) is 23.4 Å². The first kappa shape index (κ1) is 15.0. The first-order valence-electron chi connectivity index (χ1n) is 6.01. The second-order valence-electron chi connectivity index (χ2n) is 4.72. The second-order valence-corrected chi connectivity index (χ2v) is 6.61. The molecule has 0 bridgehead atoms. The van der Waals surface area contributed by atoms with Gasteiger partial charge in [-0.3, -0.25) is 4.79 Å². The highest BCUT2D eigenvalue weighted by molar-refractivity contribution is 7.89. The Morgan fingerprint density at radius 1 is 1.35 bits per heavy atom. The van der Waals surface area contributed by atoms with Crippen LogP contribution in [-0.2, 0) is 17.1 Å². The SMILES string of the molecule is CNS(=O)(=O)c1cc(C(=O)N2C[C@@H](O)[C@@H](O)C2)n(C)c1. The molecule has 1 aromatic heterocycles. The van der Waals surface area contributed by atoms with Gasteiger partial charge in [-0.2, -0.15) is 0 Å². The Morgan fingerprint density at radius 3 is 2.40 bits per heavy atom. The third-order valence-corrected chi connectivity index (χ3v) is 4.71. The van der Waals surface area contributed by atoms with E-state index in [1.807, 2.05) is 0 Å². The number of aromatic nitrogens is 1. The maximum atomic E-state index is 12.3. The third kappa shape index (κ3) is 2.57. The lowest BCUT2D eigenvalue weighted by molar-refractivity contribution is 0.0572. The minimum absolute atomic E-state index is 0.00820. The number of carbonyl (C=O) groups is 1. The predicted octanol–water partition coefficient (Wildman–Crippen LogP) is -1.89. The zero-order valence-corrected chi connectivity index (χ0v) is 12.0. The van der Waals surface area contributed by atoms with Gasteiger partial charge < -0.3 is 19.7 Å². The van der Waals surface area contributed by atoms with Gasteiger partial charge in [-0.05, 0) is 13.1 Å². The number of β-amino-alcohol motifs (C(OH)–C–C–N with tert-alkyl or cyclic N) is 2. The van der Waals surface area contributed by atoms with Gasteiger partial charge in [-0.15, -0.1) is 0 Å². The number of amides is 1. The van der Waals surface area contributed by atoms with Crippen molar-refractivity contribution < 1.29 is 23.4 Å². The fourth-order valence-electron chi connectivity index (χ4n) is 2.11. The molecular weight excluding hydrogens is 286 g/mol. The topological polar surface area (TPSA) is 112 Å². The normalized spacial score (nSPS) is 23.3. The van der Waals surface area contributed by atoms with Crippen LogP contribution in [0, 0.1) is 0 Å². The zero-order chi connectivity index (χ0) is 15.1. The summed E-state index contributed by atoms with van der Waals surface area (Å²) in [5, 5.41) is 18.9. The number of rotatable bonds is 3. The molecule has 0 aliphatic carbocycles. The van der Waals surface area contributed by atoms with E-state index in [1.165, 1.54) is 28.8 Å². The molecule has 0 unspecified atom stereocenters. The molecular formula is C11H17N3O5S. The van der Waals surface area contributed by atoms with Crippen LogP contribution in [0.5, 0.6) is 0 Å². The number of aliphatic hydroxyl groups is 2. The van der Waals surface area contributed by atoms with Gasteiger partial charge in [0.1, 0.15) is 10.6 Å². The molecule has 0 radical (unpaired) electrons. The van der Waals surface area contributed by atoms with E-state index >= 15 is 0 Å². The minimum atomic E-state index is -3.62. The predicted molar refractivity (Wildman–Crippen MR) is 69.6 cm³/mol. The van der Waals surface area contributed by atoms with Crippen molar-refractivity contribution in [3.05, 3.63) is 18.0 Å². The number of hydrogen-bond donors (Lipinski definition) is 3. The highest BCUT2D eigenvalue weighted by Gasteiger charge is 2.34. The summed E-state index contributed by atoms with van der Waals surface area (Å²) in [6.07, 6.45) is -0.610. The van der Waals surface area contributed by atoms with Gasteiger partial charge in [0.25, 0.3) is 5.91 Å². The average Bonchev–Trinajstić information content (AvgIpc) is 2.93. The van der Waals surface area contributed by atoms with E-state index in [2.05, 4.69) is 4.72 Å². The number of nitrogens with one attached hydrogen (secondary N) is 1. The molecule has 1 saturated heterocycles. The van der Waals surface area contributed by atoms with Crippen molar-refractivity contribution >= 4 is 15.9 Å². The van der Waals surface area contributed by atoms with Crippen LogP contribution < -0.4 is 4.72 Å². The Kier molecular flexibility index (Phi) is 3.87. The van der Waals surface area contributed by atoms with Crippen LogP contribution in [0.1, 0.15) is 10.5 Å². The van der Waals surface area contributed by atoms with E-state index in [4.69, 9.17) is 0 Å². The lowest BCUT2D eigenvalue weighted by Gasteiger charge is -2.15. The smallest absolute Gasteiger partial charge is 0.270 e. The number of sulfonamides is 1. The van der Waals surface area contributed by atoms with E-state index in [0.717, 1.165) is 0 Å². The molecule has 0 spiro atoms. The van der Waals surface area contributed by atoms with Crippen LogP contribution >= 0.6 is 0 Å². The van der Waals surface area contributed by atoms with E-state index in [1.54, 1.807) is 7.05 Å². The van der Waals surface area contributed by atoms with Crippen molar-refractivity contribution in [3.63, 3.8) is 0 Å². The first-order valence-corrected chi connectivity index (χ1v) is 7.50.